The summed E-state index contributed by atoms with van der Waals surface area (Å²) in [4.78, 5) is 13.4. The molecular weight excluding hydrogens is 432 g/mol. The van der Waals surface area contributed by atoms with Gasteiger partial charge in [0.25, 0.3) is 5.22 Å². The van der Waals surface area contributed by atoms with Crippen LogP contribution in [0.25, 0.3) is 21.5 Å². The molecule has 0 aliphatic rings. The van der Waals surface area contributed by atoms with Crippen LogP contribution in [-0.2, 0) is 0 Å². The molecule has 26 heavy (non-hydrogen) atoms. The maximum atomic E-state index is 12.6. The van der Waals surface area contributed by atoms with Gasteiger partial charge in [0.05, 0.1) is 10.6 Å². The third kappa shape index (κ3) is 3.47. The quantitative estimate of drug-likeness (QED) is 0.279. The van der Waals surface area contributed by atoms with Gasteiger partial charge < -0.3 is 4.42 Å². The Bertz CT molecular complexity index is 1100. The summed E-state index contributed by atoms with van der Waals surface area (Å²) >= 11 is 6.23. The fraction of sp³-hybridized carbons (Fsp3) is 0.105. The first-order chi connectivity index (χ1) is 12.6. The summed E-state index contributed by atoms with van der Waals surface area (Å²) in [5.74, 6) is 0.795. The average molecular weight is 445 g/mol. The average Bonchev–Trinajstić information content (AvgIpc) is 3.25. The van der Waals surface area contributed by atoms with Crippen molar-refractivity contribution in [3.8, 4) is 11.5 Å². The fourth-order valence-corrected chi connectivity index (χ4v) is 4.91. The molecular formula is C19H13BrN2O2S2. The number of aromatic nitrogens is 2. The predicted octanol–water partition coefficient (Wildman–Crippen LogP) is 6.00. The van der Waals surface area contributed by atoms with E-state index >= 15 is 0 Å². The topological polar surface area (TPSA) is 56.0 Å². The second-order valence-electron chi connectivity index (χ2n) is 5.65. The van der Waals surface area contributed by atoms with Crippen LogP contribution in [0, 0.1) is 6.92 Å². The van der Waals surface area contributed by atoms with Gasteiger partial charge in [-0.3, -0.25) is 4.79 Å². The van der Waals surface area contributed by atoms with Gasteiger partial charge >= 0.3 is 0 Å². The first-order valence-corrected chi connectivity index (χ1v) is 10.4. The lowest BCUT2D eigenvalue weighted by molar-refractivity contribution is 0.102. The van der Waals surface area contributed by atoms with Crippen molar-refractivity contribution in [3.63, 3.8) is 0 Å². The first kappa shape index (κ1) is 17.5. The number of aryl methyl sites for hydroxylation is 1. The minimum atomic E-state index is 0.0795. The molecule has 0 aliphatic heterocycles. The Labute approximate surface area is 166 Å². The van der Waals surface area contributed by atoms with Gasteiger partial charge in [0.2, 0.25) is 5.89 Å². The lowest BCUT2D eigenvalue weighted by atomic mass is 10.1. The molecule has 7 heteroatoms. The Morgan fingerprint density at radius 1 is 1.19 bits per heavy atom. The molecule has 130 valence electrons. The van der Waals surface area contributed by atoms with E-state index in [1.807, 2.05) is 55.5 Å². The van der Waals surface area contributed by atoms with E-state index in [0.717, 1.165) is 30.6 Å². The number of rotatable bonds is 5. The Morgan fingerprint density at radius 3 is 2.85 bits per heavy atom. The second kappa shape index (κ2) is 7.34. The standard InChI is InChI=1S/C19H13BrN2O2S2/c1-11-14-7-2-3-8-16(14)26-17(11)15(23)10-25-19-22-21-18(24-19)12-5-4-6-13(20)9-12/h2-9H,10H2,1H3. The SMILES string of the molecule is Cc1c(C(=O)CSc2nnc(-c3cccc(Br)c3)o2)sc2ccccc12. The van der Waals surface area contributed by atoms with E-state index in [1.54, 1.807) is 0 Å². The molecule has 0 saturated carbocycles. The number of hydrogen-bond donors (Lipinski definition) is 0. The molecule has 0 bridgehead atoms. The van der Waals surface area contributed by atoms with Crippen LogP contribution in [0.15, 0.2) is 62.6 Å². The molecule has 0 unspecified atom stereocenters. The maximum Gasteiger partial charge on any atom is 0.277 e. The smallest absolute Gasteiger partial charge is 0.277 e. The summed E-state index contributed by atoms with van der Waals surface area (Å²) in [6.45, 7) is 1.99. The molecule has 2 aromatic carbocycles. The van der Waals surface area contributed by atoms with Crippen molar-refractivity contribution in [1.82, 2.24) is 10.2 Å². The van der Waals surface area contributed by atoms with E-state index in [2.05, 4.69) is 26.1 Å². The number of carbonyl (C=O) groups is 1. The number of thioether (sulfide) groups is 1. The molecule has 4 aromatic rings. The number of fused-ring (bicyclic) bond motifs is 1. The molecule has 0 radical (unpaired) electrons. The largest absolute Gasteiger partial charge is 0.411 e. The van der Waals surface area contributed by atoms with Crippen molar-refractivity contribution in [3.05, 3.63) is 63.4 Å². The number of hydrogen-bond acceptors (Lipinski definition) is 6. The lowest BCUT2D eigenvalue weighted by Gasteiger charge is -1.98. The van der Waals surface area contributed by atoms with E-state index in [1.165, 1.54) is 23.1 Å². The normalized spacial score (nSPS) is 11.2. The van der Waals surface area contributed by atoms with Gasteiger partial charge in [0.15, 0.2) is 5.78 Å². The van der Waals surface area contributed by atoms with Gasteiger partial charge in [-0.05, 0) is 42.1 Å². The number of thiophene rings is 1. The molecule has 4 nitrogen and oxygen atoms in total. The van der Waals surface area contributed by atoms with E-state index in [4.69, 9.17) is 4.42 Å². The Hall–Kier alpha value is -1.96. The summed E-state index contributed by atoms with van der Waals surface area (Å²) in [5, 5.41) is 9.63. The van der Waals surface area contributed by atoms with Gasteiger partial charge in [-0.2, -0.15) is 0 Å². The summed E-state index contributed by atoms with van der Waals surface area (Å²) in [7, 11) is 0. The monoisotopic (exact) mass is 444 g/mol. The van der Waals surface area contributed by atoms with Gasteiger partial charge in [0.1, 0.15) is 0 Å². The van der Waals surface area contributed by atoms with Gasteiger partial charge in [-0.15, -0.1) is 21.5 Å². The van der Waals surface area contributed by atoms with E-state index < -0.39 is 0 Å². The van der Waals surface area contributed by atoms with Gasteiger partial charge in [-0.25, -0.2) is 0 Å². The van der Waals surface area contributed by atoms with Crippen LogP contribution in [0.3, 0.4) is 0 Å². The molecule has 0 aliphatic carbocycles. The van der Waals surface area contributed by atoms with Crippen LogP contribution in [0.1, 0.15) is 15.2 Å². The molecule has 2 aromatic heterocycles. The molecule has 0 amide bonds. The molecule has 0 atom stereocenters. The molecule has 0 spiro atoms. The number of carbonyl (C=O) groups excluding carboxylic acids is 1. The van der Waals surface area contributed by atoms with Gasteiger partial charge in [0, 0.05) is 14.7 Å². The molecule has 0 saturated heterocycles. The van der Waals surface area contributed by atoms with Crippen molar-refractivity contribution in [2.24, 2.45) is 0 Å². The number of Topliss-reactive ketones (excluding diaryl/α,β-unsaturated/α-hetero) is 1. The third-order valence-corrected chi connectivity index (χ3v) is 6.53. The first-order valence-electron chi connectivity index (χ1n) is 7.85. The van der Waals surface area contributed by atoms with Crippen molar-refractivity contribution in [1.29, 1.82) is 0 Å². The summed E-state index contributed by atoms with van der Waals surface area (Å²) in [6.07, 6.45) is 0. The molecule has 4 rings (SSSR count). The minimum absolute atomic E-state index is 0.0795. The highest BCUT2D eigenvalue weighted by molar-refractivity contribution is 9.10. The van der Waals surface area contributed by atoms with Crippen molar-refractivity contribution < 1.29 is 9.21 Å². The predicted molar refractivity (Wildman–Crippen MR) is 109 cm³/mol. The number of ketones is 1. The number of halogens is 1. The van der Waals surface area contributed by atoms with E-state index in [-0.39, 0.29) is 11.5 Å². The fourth-order valence-electron chi connectivity index (χ4n) is 2.64. The maximum absolute atomic E-state index is 12.6. The highest BCUT2D eigenvalue weighted by Crippen LogP contribution is 2.32. The molecule has 2 heterocycles. The van der Waals surface area contributed by atoms with Crippen LogP contribution >= 0.6 is 39.0 Å². The summed E-state index contributed by atoms with van der Waals surface area (Å²) in [6, 6.07) is 15.7. The van der Waals surface area contributed by atoms with Crippen molar-refractivity contribution in [2.75, 3.05) is 5.75 Å². The highest BCUT2D eigenvalue weighted by Gasteiger charge is 2.17. The van der Waals surface area contributed by atoms with E-state index in [0.29, 0.717) is 11.1 Å². The van der Waals surface area contributed by atoms with Crippen molar-refractivity contribution >= 4 is 54.9 Å². The van der Waals surface area contributed by atoms with Crippen LogP contribution in [0.5, 0.6) is 0 Å². The Balaban J connectivity index is 1.48. The van der Waals surface area contributed by atoms with Crippen LogP contribution in [0.2, 0.25) is 0 Å². The molecule has 0 fully saturated rings. The summed E-state index contributed by atoms with van der Waals surface area (Å²) in [5.41, 5.74) is 1.88. The van der Waals surface area contributed by atoms with Crippen LogP contribution in [0.4, 0.5) is 0 Å². The zero-order valence-electron chi connectivity index (χ0n) is 13.7. The Morgan fingerprint density at radius 2 is 2.04 bits per heavy atom. The zero-order chi connectivity index (χ0) is 18.1. The highest BCUT2D eigenvalue weighted by atomic mass is 79.9. The zero-order valence-corrected chi connectivity index (χ0v) is 17.0. The second-order valence-corrected chi connectivity index (χ2v) is 8.54. The van der Waals surface area contributed by atoms with Crippen LogP contribution < -0.4 is 0 Å². The number of benzene rings is 2. The third-order valence-electron chi connectivity index (χ3n) is 3.90. The minimum Gasteiger partial charge on any atom is -0.411 e. The lowest BCUT2D eigenvalue weighted by Crippen LogP contribution is -2.01. The van der Waals surface area contributed by atoms with Gasteiger partial charge in [-0.1, -0.05) is 52.0 Å². The molecule has 0 N–H and O–H groups in total. The summed E-state index contributed by atoms with van der Waals surface area (Å²) < 4.78 is 7.75. The number of nitrogens with zero attached hydrogens (tertiary/aromatic N) is 2. The van der Waals surface area contributed by atoms with E-state index in [9.17, 15) is 4.79 Å². The van der Waals surface area contributed by atoms with Crippen molar-refractivity contribution in [2.45, 2.75) is 12.1 Å². The van der Waals surface area contributed by atoms with Crippen LogP contribution in [-0.4, -0.2) is 21.7 Å². The Kier molecular flexibility index (Phi) is 4.93.